The average molecular weight is 309 g/mol. The van der Waals surface area contributed by atoms with Gasteiger partial charge in [0, 0.05) is 6.54 Å². The van der Waals surface area contributed by atoms with Gasteiger partial charge in [-0.15, -0.1) is 0 Å². The van der Waals surface area contributed by atoms with Crippen LogP contribution in [-0.4, -0.2) is 13.5 Å². The summed E-state index contributed by atoms with van der Waals surface area (Å²) in [7, 11) is -3.97. The maximum Gasteiger partial charge on any atom is 0.243 e. The van der Waals surface area contributed by atoms with Crippen LogP contribution >= 0.6 is 0 Å². The number of sulfonamides is 1. The van der Waals surface area contributed by atoms with Crippen LogP contribution in [-0.2, 0) is 23.2 Å². The zero-order valence-electron chi connectivity index (χ0n) is 11.5. The van der Waals surface area contributed by atoms with Gasteiger partial charge in [0.2, 0.25) is 10.0 Å². The van der Waals surface area contributed by atoms with Gasteiger partial charge in [0.15, 0.2) is 0 Å². The number of aliphatic hydroxyl groups excluding tert-OH is 1. The average Bonchev–Trinajstić information content (AvgIpc) is 2.47. The van der Waals surface area contributed by atoms with E-state index in [1.165, 1.54) is 6.07 Å². The predicted molar refractivity (Wildman–Crippen MR) is 77.5 cm³/mol. The highest BCUT2D eigenvalue weighted by atomic mass is 32.2. The van der Waals surface area contributed by atoms with Crippen LogP contribution in [0.1, 0.15) is 16.7 Å². The van der Waals surface area contributed by atoms with Crippen LogP contribution in [0.25, 0.3) is 0 Å². The number of benzene rings is 2. The van der Waals surface area contributed by atoms with E-state index in [0.717, 1.165) is 23.3 Å². The maximum atomic E-state index is 13.7. The van der Waals surface area contributed by atoms with Gasteiger partial charge in [-0.1, -0.05) is 35.9 Å². The van der Waals surface area contributed by atoms with Crippen molar-refractivity contribution in [2.24, 2.45) is 0 Å². The van der Waals surface area contributed by atoms with Gasteiger partial charge >= 0.3 is 0 Å². The van der Waals surface area contributed by atoms with Crippen molar-refractivity contribution in [3.05, 3.63) is 65.0 Å². The Kier molecular flexibility index (Phi) is 4.72. The van der Waals surface area contributed by atoms with Crippen molar-refractivity contribution in [1.82, 2.24) is 4.72 Å². The van der Waals surface area contributed by atoms with Crippen LogP contribution in [0.5, 0.6) is 0 Å². The van der Waals surface area contributed by atoms with E-state index in [4.69, 9.17) is 5.11 Å². The molecule has 0 saturated heterocycles. The van der Waals surface area contributed by atoms with Crippen LogP contribution in [0.4, 0.5) is 4.39 Å². The van der Waals surface area contributed by atoms with Gasteiger partial charge in [-0.05, 0) is 30.2 Å². The Morgan fingerprint density at radius 1 is 1.10 bits per heavy atom. The molecule has 0 fully saturated rings. The third-order valence-corrected chi connectivity index (χ3v) is 4.47. The van der Waals surface area contributed by atoms with Gasteiger partial charge in [0.25, 0.3) is 0 Å². The minimum absolute atomic E-state index is 0.0748. The van der Waals surface area contributed by atoms with Crippen LogP contribution < -0.4 is 4.72 Å². The highest BCUT2D eigenvalue weighted by molar-refractivity contribution is 7.89. The van der Waals surface area contributed by atoms with Gasteiger partial charge in [-0.2, -0.15) is 0 Å². The number of halogens is 1. The van der Waals surface area contributed by atoms with Crippen molar-refractivity contribution in [2.75, 3.05) is 0 Å². The molecule has 2 N–H and O–H groups in total. The van der Waals surface area contributed by atoms with E-state index >= 15 is 0 Å². The Hall–Kier alpha value is -1.76. The zero-order chi connectivity index (χ0) is 15.5. The molecular weight excluding hydrogens is 293 g/mol. The fourth-order valence-corrected chi connectivity index (χ4v) is 2.96. The third-order valence-electron chi connectivity index (χ3n) is 3.05. The van der Waals surface area contributed by atoms with E-state index in [9.17, 15) is 12.8 Å². The third kappa shape index (κ3) is 3.87. The Labute approximate surface area is 123 Å². The van der Waals surface area contributed by atoms with Crippen LogP contribution in [0.3, 0.4) is 0 Å². The summed E-state index contributed by atoms with van der Waals surface area (Å²) < 4.78 is 40.3. The second kappa shape index (κ2) is 6.34. The highest BCUT2D eigenvalue weighted by Crippen LogP contribution is 2.17. The van der Waals surface area contributed by atoms with Crippen molar-refractivity contribution in [2.45, 2.75) is 25.0 Å². The van der Waals surface area contributed by atoms with Crippen molar-refractivity contribution in [3.63, 3.8) is 0 Å². The lowest BCUT2D eigenvalue weighted by molar-refractivity contribution is 0.281. The molecule has 0 unspecified atom stereocenters. The number of nitrogens with one attached hydrogen (secondary N) is 1. The minimum atomic E-state index is -3.97. The molecule has 0 heterocycles. The quantitative estimate of drug-likeness (QED) is 0.889. The molecule has 21 heavy (non-hydrogen) atoms. The summed E-state index contributed by atoms with van der Waals surface area (Å²) in [6.07, 6.45) is 0. The second-order valence-corrected chi connectivity index (χ2v) is 6.47. The van der Waals surface area contributed by atoms with Gasteiger partial charge in [-0.25, -0.2) is 17.5 Å². The largest absolute Gasteiger partial charge is 0.392 e. The maximum absolute atomic E-state index is 13.7. The molecule has 0 saturated carbocycles. The van der Waals surface area contributed by atoms with E-state index in [0.29, 0.717) is 5.56 Å². The lowest BCUT2D eigenvalue weighted by atomic mass is 10.2. The van der Waals surface area contributed by atoms with E-state index < -0.39 is 20.7 Å². The van der Waals surface area contributed by atoms with Gasteiger partial charge in [0.05, 0.1) is 6.61 Å². The number of aliphatic hydroxyl groups is 1. The first-order chi connectivity index (χ1) is 9.92. The molecule has 0 aromatic heterocycles. The monoisotopic (exact) mass is 309 g/mol. The number of hydrogen-bond donors (Lipinski definition) is 2. The van der Waals surface area contributed by atoms with Crippen LogP contribution in [0, 0.1) is 12.7 Å². The predicted octanol–water partition coefficient (Wildman–Crippen LogP) is 2.10. The van der Waals surface area contributed by atoms with Crippen molar-refractivity contribution < 1.29 is 17.9 Å². The van der Waals surface area contributed by atoms with E-state index in [1.807, 2.05) is 19.1 Å². The zero-order valence-corrected chi connectivity index (χ0v) is 12.3. The molecule has 0 amide bonds. The number of rotatable bonds is 5. The van der Waals surface area contributed by atoms with E-state index in [1.54, 1.807) is 12.1 Å². The molecule has 0 atom stereocenters. The first kappa shape index (κ1) is 15.6. The Morgan fingerprint density at radius 2 is 1.71 bits per heavy atom. The Morgan fingerprint density at radius 3 is 2.33 bits per heavy atom. The van der Waals surface area contributed by atoms with Crippen molar-refractivity contribution in [3.8, 4) is 0 Å². The molecule has 2 aromatic rings. The molecule has 0 aliphatic heterocycles. The summed E-state index contributed by atoms with van der Waals surface area (Å²) in [6, 6.07) is 10.9. The SMILES string of the molecule is Cc1ccc(CNS(=O)(=O)c2cc(CO)ccc2F)cc1. The lowest BCUT2D eigenvalue weighted by Gasteiger charge is -2.09. The Bertz CT molecular complexity index is 727. The number of hydrogen-bond acceptors (Lipinski definition) is 3. The smallest absolute Gasteiger partial charge is 0.243 e. The van der Waals surface area contributed by atoms with Crippen LogP contribution in [0.2, 0.25) is 0 Å². The summed E-state index contributed by atoms with van der Waals surface area (Å²) in [5.41, 5.74) is 2.19. The minimum Gasteiger partial charge on any atom is -0.392 e. The van der Waals surface area contributed by atoms with E-state index in [-0.39, 0.29) is 13.2 Å². The van der Waals surface area contributed by atoms with Gasteiger partial charge in [-0.3, -0.25) is 0 Å². The molecule has 0 radical (unpaired) electrons. The fraction of sp³-hybridized carbons (Fsp3) is 0.200. The van der Waals surface area contributed by atoms with Gasteiger partial charge < -0.3 is 5.11 Å². The molecule has 112 valence electrons. The second-order valence-electron chi connectivity index (χ2n) is 4.73. The summed E-state index contributed by atoms with van der Waals surface area (Å²) >= 11 is 0. The normalized spacial score (nSPS) is 11.6. The summed E-state index contributed by atoms with van der Waals surface area (Å²) in [6.45, 7) is 1.66. The van der Waals surface area contributed by atoms with Crippen molar-refractivity contribution in [1.29, 1.82) is 0 Å². The molecule has 0 bridgehead atoms. The fourth-order valence-electron chi connectivity index (χ4n) is 1.81. The van der Waals surface area contributed by atoms with Crippen molar-refractivity contribution >= 4 is 10.0 Å². The molecule has 2 rings (SSSR count). The first-order valence-corrected chi connectivity index (χ1v) is 7.85. The highest BCUT2D eigenvalue weighted by Gasteiger charge is 2.19. The van der Waals surface area contributed by atoms with Crippen LogP contribution in [0.15, 0.2) is 47.4 Å². The molecule has 0 aliphatic rings. The molecule has 0 aliphatic carbocycles. The lowest BCUT2D eigenvalue weighted by Crippen LogP contribution is -2.24. The molecule has 4 nitrogen and oxygen atoms in total. The molecule has 6 heteroatoms. The first-order valence-electron chi connectivity index (χ1n) is 6.37. The topological polar surface area (TPSA) is 66.4 Å². The molecular formula is C15H16FNO3S. The molecule has 0 spiro atoms. The van der Waals surface area contributed by atoms with Gasteiger partial charge in [0.1, 0.15) is 10.7 Å². The summed E-state index contributed by atoms with van der Waals surface area (Å²) in [5.74, 6) is -0.844. The summed E-state index contributed by atoms with van der Waals surface area (Å²) in [4.78, 5) is -0.457. The van der Waals surface area contributed by atoms with E-state index in [2.05, 4.69) is 4.72 Å². The number of aryl methyl sites for hydroxylation is 1. The molecule has 2 aromatic carbocycles. The Balaban J connectivity index is 2.20. The summed E-state index contributed by atoms with van der Waals surface area (Å²) in [5, 5.41) is 9.01. The standard InChI is InChI=1S/C15H16FNO3S/c1-11-2-4-12(5-3-11)9-17-21(19,20)15-8-13(10-18)6-7-14(15)16/h2-8,17-18H,9-10H2,1H3.